The summed E-state index contributed by atoms with van der Waals surface area (Å²) < 4.78 is 38.8. The van der Waals surface area contributed by atoms with Gasteiger partial charge in [-0.05, 0) is 46.5 Å². The molecule has 1 aliphatic rings. The zero-order chi connectivity index (χ0) is 26.3. The highest BCUT2D eigenvalue weighted by atomic mass is 35.5. The van der Waals surface area contributed by atoms with Crippen molar-refractivity contribution in [2.45, 2.75) is 71.0 Å². The maximum atomic E-state index is 12.1. The third-order valence-electron chi connectivity index (χ3n) is 5.34. The molecule has 214 valence electrons. The van der Waals surface area contributed by atoms with Crippen LogP contribution in [-0.4, -0.2) is 114 Å². The standard InChI is InChI=1S/C26H50ClNO8/c1-26(2,3)36-25(29)28-11-8-24(9-12-28)35-23-22-34-21-20-33-19-18-32-17-16-31-15-14-30-13-7-5-4-6-10-27/h24H,4-23H2,1-3H3. The second-order valence-electron chi connectivity index (χ2n) is 9.70. The van der Waals surface area contributed by atoms with Crippen LogP contribution in [0.3, 0.4) is 0 Å². The Balaban J connectivity index is 1.76. The van der Waals surface area contributed by atoms with Gasteiger partial charge in [-0.15, -0.1) is 11.6 Å². The predicted molar refractivity (Wildman–Crippen MR) is 140 cm³/mol. The van der Waals surface area contributed by atoms with Crippen molar-refractivity contribution >= 4 is 17.7 Å². The van der Waals surface area contributed by atoms with Gasteiger partial charge in [0.25, 0.3) is 0 Å². The van der Waals surface area contributed by atoms with Crippen molar-refractivity contribution in [3.8, 4) is 0 Å². The van der Waals surface area contributed by atoms with E-state index in [0.29, 0.717) is 79.2 Å². The number of ether oxygens (including phenoxy) is 7. The maximum absolute atomic E-state index is 12.1. The Morgan fingerprint density at radius 3 is 1.61 bits per heavy atom. The molecule has 0 aromatic carbocycles. The molecule has 1 heterocycles. The van der Waals surface area contributed by atoms with E-state index in [2.05, 4.69) is 0 Å². The number of likely N-dealkylation sites (tertiary alicyclic amines) is 1. The monoisotopic (exact) mass is 539 g/mol. The first-order valence-corrected chi connectivity index (χ1v) is 14.0. The van der Waals surface area contributed by atoms with Crippen molar-refractivity contribution in [1.29, 1.82) is 0 Å². The fourth-order valence-electron chi connectivity index (χ4n) is 3.44. The molecule has 1 fully saturated rings. The molecule has 0 atom stereocenters. The van der Waals surface area contributed by atoms with Crippen LogP contribution in [0.4, 0.5) is 4.79 Å². The van der Waals surface area contributed by atoms with Crippen molar-refractivity contribution < 1.29 is 38.0 Å². The second kappa shape index (κ2) is 22.3. The molecule has 0 radical (unpaired) electrons. The van der Waals surface area contributed by atoms with Gasteiger partial charge in [0.05, 0.1) is 72.2 Å². The molecular formula is C26H50ClNO8. The number of amides is 1. The van der Waals surface area contributed by atoms with Crippen LogP contribution >= 0.6 is 11.6 Å². The van der Waals surface area contributed by atoms with Gasteiger partial charge in [-0.25, -0.2) is 4.79 Å². The lowest BCUT2D eigenvalue weighted by atomic mass is 10.1. The van der Waals surface area contributed by atoms with Gasteiger partial charge in [0, 0.05) is 25.6 Å². The number of halogens is 1. The van der Waals surface area contributed by atoms with Gasteiger partial charge in [0.15, 0.2) is 0 Å². The molecule has 1 saturated heterocycles. The average Bonchev–Trinajstić information content (AvgIpc) is 2.84. The highest BCUT2D eigenvalue weighted by molar-refractivity contribution is 6.17. The summed E-state index contributed by atoms with van der Waals surface area (Å²) in [7, 11) is 0. The van der Waals surface area contributed by atoms with E-state index in [1.165, 1.54) is 12.8 Å². The topological polar surface area (TPSA) is 84.9 Å². The van der Waals surface area contributed by atoms with Gasteiger partial charge in [-0.1, -0.05) is 12.8 Å². The lowest BCUT2D eigenvalue weighted by Gasteiger charge is -2.33. The van der Waals surface area contributed by atoms with Gasteiger partial charge in [0.2, 0.25) is 0 Å². The molecule has 1 amide bonds. The van der Waals surface area contributed by atoms with Crippen molar-refractivity contribution in [1.82, 2.24) is 4.90 Å². The largest absolute Gasteiger partial charge is 0.444 e. The molecule has 0 bridgehead atoms. The summed E-state index contributed by atoms with van der Waals surface area (Å²) in [5, 5.41) is 0. The molecule has 0 aliphatic carbocycles. The maximum Gasteiger partial charge on any atom is 0.410 e. The minimum Gasteiger partial charge on any atom is -0.444 e. The quantitative estimate of drug-likeness (QED) is 0.149. The molecule has 10 heteroatoms. The Morgan fingerprint density at radius 1 is 0.694 bits per heavy atom. The Labute approximate surface area is 223 Å². The van der Waals surface area contributed by atoms with Crippen molar-refractivity contribution in [3.05, 3.63) is 0 Å². The first-order chi connectivity index (χ1) is 17.4. The van der Waals surface area contributed by atoms with Crippen LogP contribution in [0, 0.1) is 0 Å². The zero-order valence-corrected chi connectivity index (χ0v) is 23.6. The van der Waals surface area contributed by atoms with E-state index >= 15 is 0 Å². The Hall–Kier alpha value is -0.680. The zero-order valence-electron chi connectivity index (χ0n) is 22.8. The van der Waals surface area contributed by atoms with Gasteiger partial charge in [0.1, 0.15) is 5.60 Å². The minimum absolute atomic E-state index is 0.161. The third kappa shape index (κ3) is 20.4. The molecular weight excluding hydrogens is 490 g/mol. The highest BCUT2D eigenvalue weighted by Crippen LogP contribution is 2.17. The van der Waals surface area contributed by atoms with E-state index in [4.69, 9.17) is 44.8 Å². The lowest BCUT2D eigenvalue weighted by Crippen LogP contribution is -2.43. The molecule has 1 aliphatic heterocycles. The normalized spacial score (nSPS) is 14.9. The first-order valence-electron chi connectivity index (χ1n) is 13.5. The van der Waals surface area contributed by atoms with Crippen molar-refractivity contribution in [3.63, 3.8) is 0 Å². The van der Waals surface area contributed by atoms with E-state index in [-0.39, 0.29) is 12.2 Å². The Morgan fingerprint density at radius 2 is 1.14 bits per heavy atom. The molecule has 36 heavy (non-hydrogen) atoms. The summed E-state index contributed by atoms with van der Waals surface area (Å²) in [6.45, 7) is 13.2. The molecule has 0 N–H and O–H groups in total. The molecule has 0 spiro atoms. The Kier molecular flexibility index (Phi) is 20.7. The number of rotatable bonds is 22. The molecule has 9 nitrogen and oxygen atoms in total. The number of hydrogen-bond donors (Lipinski definition) is 0. The number of alkyl halides is 1. The first kappa shape index (κ1) is 33.3. The fourth-order valence-corrected chi connectivity index (χ4v) is 3.63. The van der Waals surface area contributed by atoms with Crippen LogP contribution in [0.1, 0.15) is 59.3 Å². The van der Waals surface area contributed by atoms with E-state index in [1.54, 1.807) is 4.90 Å². The number of unbranched alkanes of at least 4 members (excludes halogenated alkanes) is 3. The minimum atomic E-state index is -0.465. The van der Waals surface area contributed by atoms with Crippen molar-refractivity contribution in [2.24, 2.45) is 0 Å². The van der Waals surface area contributed by atoms with Gasteiger partial charge in [-0.3, -0.25) is 0 Å². The summed E-state index contributed by atoms with van der Waals surface area (Å²) in [5.41, 5.74) is -0.465. The number of hydrogen-bond acceptors (Lipinski definition) is 8. The van der Waals surface area contributed by atoms with Crippen LogP contribution in [0.5, 0.6) is 0 Å². The van der Waals surface area contributed by atoms with Gasteiger partial charge >= 0.3 is 6.09 Å². The smallest absolute Gasteiger partial charge is 0.410 e. The third-order valence-corrected chi connectivity index (χ3v) is 5.60. The Bertz CT molecular complexity index is 513. The fraction of sp³-hybridized carbons (Fsp3) is 0.962. The summed E-state index contributed by atoms with van der Waals surface area (Å²) >= 11 is 5.64. The SMILES string of the molecule is CC(C)(C)OC(=O)N1CCC(OCCOCCOCCOCCOCCOCCCCCCCl)CC1. The van der Waals surface area contributed by atoms with Crippen molar-refractivity contribution in [2.75, 3.05) is 91.6 Å². The number of nitrogens with zero attached hydrogens (tertiary/aromatic N) is 1. The number of carbonyl (C=O) groups is 1. The van der Waals surface area contributed by atoms with Crippen LogP contribution in [-0.2, 0) is 33.2 Å². The molecule has 1 rings (SSSR count). The van der Waals surface area contributed by atoms with Gasteiger partial charge < -0.3 is 38.1 Å². The van der Waals surface area contributed by atoms with Gasteiger partial charge in [-0.2, -0.15) is 0 Å². The average molecular weight is 540 g/mol. The number of carbonyl (C=O) groups excluding carboxylic acids is 1. The molecule has 0 aromatic heterocycles. The van der Waals surface area contributed by atoms with Crippen LogP contribution in [0.15, 0.2) is 0 Å². The lowest BCUT2D eigenvalue weighted by molar-refractivity contribution is -0.0399. The van der Waals surface area contributed by atoms with Crippen LogP contribution in [0.2, 0.25) is 0 Å². The summed E-state index contributed by atoms with van der Waals surface area (Å²) in [6, 6.07) is 0. The summed E-state index contributed by atoms with van der Waals surface area (Å²) in [4.78, 5) is 13.8. The van der Waals surface area contributed by atoms with E-state index in [0.717, 1.165) is 38.2 Å². The second-order valence-corrected chi connectivity index (χ2v) is 10.1. The van der Waals surface area contributed by atoms with E-state index in [1.807, 2.05) is 20.8 Å². The van der Waals surface area contributed by atoms with Crippen LogP contribution in [0.25, 0.3) is 0 Å². The predicted octanol–water partition coefficient (Wildman–Crippen LogP) is 4.28. The summed E-state index contributed by atoms with van der Waals surface area (Å²) in [5.74, 6) is 0.745. The van der Waals surface area contributed by atoms with E-state index < -0.39 is 5.60 Å². The highest BCUT2D eigenvalue weighted by Gasteiger charge is 2.27. The molecule has 0 aromatic rings. The van der Waals surface area contributed by atoms with Crippen LogP contribution < -0.4 is 0 Å². The summed E-state index contributed by atoms with van der Waals surface area (Å²) in [6.07, 6.45) is 6.06. The molecule has 0 saturated carbocycles. The van der Waals surface area contributed by atoms with E-state index in [9.17, 15) is 4.79 Å². The number of piperidine rings is 1. The molecule has 0 unspecified atom stereocenters.